The molecular formula is C20H20N2. The highest BCUT2D eigenvalue weighted by molar-refractivity contribution is 5.95. The number of fused-ring (bicyclic) bond motifs is 1. The molecule has 1 aromatic carbocycles. The van der Waals surface area contributed by atoms with Crippen LogP contribution in [0.15, 0.2) is 49.2 Å². The van der Waals surface area contributed by atoms with E-state index in [9.17, 15) is 0 Å². The van der Waals surface area contributed by atoms with Crippen molar-refractivity contribution in [3.8, 4) is 11.3 Å². The maximum absolute atomic E-state index is 4.88. The summed E-state index contributed by atoms with van der Waals surface area (Å²) in [7, 11) is 0. The minimum atomic E-state index is 0.985. The Balaban J connectivity index is 2.33. The minimum absolute atomic E-state index is 0.985. The molecule has 1 N–H and O–H groups in total. The van der Waals surface area contributed by atoms with Crippen LogP contribution in [0.4, 0.5) is 0 Å². The van der Waals surface area contributed by atoms with Gasteiger partial charge in [0.1, 0.15) is 0 Å². The van der Waals surface area contributed by atoms with Gasteiger partial charge in [0.2, 0.25) is 0 Å². The maximum Gasteiger partial charge on any atom is 0.0735 e. The molecule has 0 aliphatic heterocycles. The lowest BCUT2D eigenvalue weighted by molar-refractivity contribution is 1.21. The zero-order valence-electron chi connectivity index (χ0n) is 13.3. The summed E-state index contributed by atoms with van der Waals surface area (Å²) in [6.07, 6.45) is 5.98. The normalized spacial score (nSPS) is 13.5. The number of rotatable bonds is 2. The van der Waals surface area contributed by atoms with Crippen LogP contribution in [0, 0.1) is 6.92 Å². The van der Waals surface area contributed by atoms with E-state index in [4.69, 9.17) is 4.98 Å². The summed E-state index contributed by atoms with van der Waals surface area (Å²) in [4.78, 5) is 8.21. The molecule has 2 nitrogen and oxygen atoms in total. The number of benzene rings is 1. The van der Waals surface area contributed by atoms with Crippen molar-refractivity contribution < 1.29 is 0 Å². The van der Waals surface area contributed by atoms with Gasteiger partial charge in [0.15, 0.2) is 0 Å². The van der Waals surface area contributed by atoms with E-state index in [1.165, 1.54) is 10.9 Å². The number of H-pyrrole nitrogens is 1. The van der Waals surface area contributed by atoms with Crippen molar-refractivity contribution in [1.82, 2.24) is 9.97 Å². The van der Waals surface area contributed by atoms with Crippen LogP contribution in [-0.2, 0) is 0 Å². The number of hydrogen-bond donors (Lipinski definition) is 1. The molecule has 2 heterocycles. The average Bonchev–Trinajstić information content (AvgIpc) is 2.96. The van der Waals surface area contributed by atoms with Crippen LogP contribution in [0.1, 0.15) is 19.4 Å². The van der Waals surface area contributed by atoms with Gasteiger partial charge in [-0.2, -0.15) is 0 Å². The first-order valence-electron chi connectivity index (χ1n) is 7.49. The van der Waals surface area contributed by atoms with Gasteiger partial charge in [-0.15, -0.1) is 0 Å². The molecule has 110 valence electrons. The molecule has 3 aromatic rings. The number of allylic oxidation sites excluding steroid dienone is 1. The smallest absolute Gasteiger partial charge is 0.0735 e. The van der Waals surface area contributed by atoms with Gasteiger partial charge in [0, 0.05) is 22.7 Å². The number of nitrogens with zero attached hydrogens (tertiary/aromatic N) is 1. The molecule has 2 aromatic heterocycles. The molecule has 0 atom stereocenters. The molecule has 3 rings (SSSR count). The number of aryl methyl sites for hydroxylation is 1. The molecule has 0 aliphatic rings. The molecule has 0 aliphatic carbocycles. The average molecular weight is 288 g/mol. The third-order valence-electron chi connectivity index (χ3n) is 4.03. The van der Waals surface area contributed by atoms with Crippen molar-refractivity contribution >= 4 is 22.6 Å². The van der Waals surface area contributed by atoms with Gasteiger partial charge in [-0.1, -0.05) is 36.4 Å². The summed E-state index contributed by atoms with van der Waals surface area (Å²) in [6, 6.07) is 10.6. The number of aromatic amines is 1. The fourth-order valence-electron chi connectivity index (χ4n) is 2.71. The zero-order chi connectivity index (χ0) is 15.7. The lowest BCUT2D eigenvalue weighted by Gasteiger charge is -2.02. The van der Waals surface area contributed by atoms with Crippen molar-refractivity contribution in [2.45, 2.75) is 20.8 Å². The predicted molar refractivity (Wildman–Crippen MR) is 94.9 cm³/mol. The Morgan fingerprint density at radius 1 is 1.23 bits per heavy atom. The van der Waals surface area contributed by atoms with Crippen LogP contribution in [0.5, 0.6) is 0 Å². The highest BCUT2D eigenvalue weighted by Gasteiger charge is 2.08. The monoisotopic (exact) mass is 288 g/mol. The van der Waals surface area contributed by atoms with E-state index in [1.807, 2.05) is 26.1 Å². The first-order chi connectivity index (χ1) is 10.6. The summed E-state index contributed by atoms with van der Waals surface area (Å²) in [6.45, 7) is 10.1. The standard InChI is InChI=1S/C20H20N2/c1-5-14(4)20-15(6-2)8-10-19(22-20)17-12-21-18-9-7-13(3)11-16(17)18/h5-12,21H,1H2,2-4H3/b15-6-,20-14+. The number of hydrogen-bond acceptors (Lipinski definition) is 1. The Labute approximate surface area is 130 Å². The minimum Gasteiger partial charge on any atom is -0.360 e. The molecule has 0 fully saturated rings. The van der Waals surface area contributed by atoms with E-state index in [-0.39, 0.29) is 0 Å². The van der Waals surface area contributed by atoms with Crippen LogP contribution in [0.25, 0.3) is 33.8 Å². The first-order valence-corrected chi connectivity index (χ1v) is 7.49. The second kappa shape index (κ2) is 5.64. The molecular weight excluding hydrogens is 268 g/mol. The molecule has 0 saturated carbocycles. The lowest BCUT2D eigenvalue weighted by Crippen LogP contribution is -2.29. The van der Waals surface area contributed by atoms with Gasteiger partial charge in [-0.3, -0.25) is 0 Å². The van der Waals surface area contributed by atoms with E-state index in [0.29, 0.717) is 0 Å². The Morgan fingerprint density at radius 2 is 2.05 bits per heavy atom. The van der Waals surface area contributed by atoms with Crippen molar-refractivity contribution in [1.29, 1.82) is 0 Å². The molecule has 0 unspecified atom stereocenters. The fourth-order valence-corrected chi connectivity index (χ4v) is 2.71. The summed E-state index contributed by atoms with van der Waals surface area (Å²) in [5.74, 6) is 0. The van der Waals surface area contributed by atoms with Gasteiger partial charge in [0.05, 0.1) is 11.0 Å². The number of nitrogens with one attached hydrogen (secondary N) is 1. The maximum atomic E-state index is 4.88. The van der Waals surface area contributed by atoms with Crippen molar-refractivity contribution in [3.05, 3.63) is 65.3 Å². The van der Waals surface area contributed by atoms with Gasteiger partial charge in [-0.25, -0.2) is 4.98 Å². The molecule has 0 spiro atoms. The lowest BCUT2D eigenvalue weighted by atomic mass is 10.1. The summed E-state index contributed by atoms with van der Waals surface area (Å²) < 4.78 is 0. The van der Waals surface area contributed by atoms with Gasteiger partial charge >= 0.3 is 0 Å². The quantitative estimate of drug-likeness (QED) is 0.765. The summed E-state index contributed by atoms with van der Waals surface area (Å²) >= 11 is 0. The van der Waals surface area contributed by atoms with Crippen LogP contribution < -0.4 is 10.6 Å². The molecule has 0 bridgehead atoms. The van der Waals surface area contributed by atoms with E-state index in [1.54, 1.807) is 0 Å². The summed E-state index contributed by atoms with van der Waals surface area (Å²) in [5, 5.41) is 3.34. The van der Waals surface area contributed by atoms with Gasteiger partial charge in [0.25, 0.3) is 0 Å². The van der Waals surface area contributed by atoms with Gasteiger partial charge < -0.3 is 4.98 Å². The van der Waals surface area contributed by atoms with Crippen LogP contribution >= 0.6 is 0 Å². The number of aromatic nitrogens is 2. The highest BCUT2D eigenvalue weighted by Crippen LogP contribution is 2.27. The predicted octanol–water partition coefficient (Wildman–Crippen LogP) is 3.70. The Kier molecular flexibility index (Phi) is 3.68. The topological polar surface area (TPSA) is 28.7 Å². The first kappa shape index (κ1) is 14.3. The Morgan fingerprint density at radius 3 is 2.77 bits per heavy atom. The zero-order valence-corrected chi connectivity index (χ0v) is 13.3. The van der Waals surface area contributed by atoms with E-state index >= 15 is 0 Å². The SMILES string of the molecule is C=C/C(C)=c1/nc(-c2c[nH]c3ccc(C)cc23)cc/c1=C/C. The second-order valence-corrected chi connectivity index (χ2v) is 5.56. The molecule has 0 radical (unpaired) electrons. The van der Waals surface area contributed by atoms with E-state index in [2.05, 4.69) is 54.9 Å². The van der Waals surface area contributed by atoms with E-state index in [0.717, 1.165) is 32.9 Å². The second-order valence-electron chi connectivity index (χ2n) is 5.56. The summed E-state index contributed by atoms with van der Waals surface area (Å²) in [5.41, 5.74) is 5.60. The highest BCUT2D eigenvalue weighted by atomic mass is 14.7. The Hall–Kier alpha value is -2.61. The molecule has 0 amide bonds. The largest absolute Gasteiger partial charge is 0.360 e. The van der Waals surface area contributed by atoms with Crippen LogP contribution in [0.3, 0.4) is 0 Å². The third-order valence-corrected chi connectivity index (χ3v) is 4.03. The molecule has 22 heavy (non-hydrogen) atoms. The molecule has 2 heteroatoms. The van der Waals surface area contributed by atoms with Crippen molar-refractivity contribution in [2.24, 2.45) is 0 Å². The Bertz CT molecular complexity index is 975. The van der Waals surface area contributed by atoms with Crippen LogP contribution in [0.2, 0.25) is 0 Å². The fraction of sp³-hybridized carbons (Fsp3) is 0.150. The van der Waals surface area contributed by atoms with Crippen molar-refractivity contribution in [3.63, 3.8) is 0 Å². The van der Waals surface area contributed by atoms with E-state index < -0.39 is 0 Å². The van der Waals surface area contributed by atoms with Crippen LogP contribution in [-0.4, -0.2) is 9.97 Å². The third kappa shape index (κ3) is 2.37. The molecule has 0 saturated heterocycles. The van der Waals surface area contributed by atoms with Gasteiger partial charge in [-0.05, 0) is 49.8 Å². The van der Waals surface area contributed by atoms with Crippen molar-refractivity contribution in [2.75, 3.05) is 0 Å². The number of pyridine rings is 1.